The molecule has 4 aromatic rings. The number of hydrogen-bond acceptors (Lipinski definition) is 3. The molecule has 0 aliphatic rings. The number of aromatic nitrogens is 1. The summed E-state index contributed by atoms with van der Waals surface area (Å²) < 4.78 is 19.1. The van der Waals surface area contributed by atoms with Gasteiger partial charge in [-0.2, -0.15) is 0 Å². The predicted octanol–water partition coefficient (Wildman–Crippen LogP) is 6.30. The van der Waals surface area contributed by atoms with Gasteiger partial charge >= 0.3 is 0 Å². The lowest BCUT2D eigenvalue weighted by molar-refractivity contribution is 0.0728. The van der Waals surface area contributed by atoms with E-state index in [2.05, 4.69) is 4.98 Å². The summed E-state index contributed by atoms with van der Waals surface area (Å²) in [6.45, 7) is 1.03. The molecule has 1 aromatic heterocycles. The van der Waals surface area contributed by atoms with Gasteiger partial charge in [0.1, 0.15) is 18.2 Å². The Bertz CT molecular complexity index is 1220. The van der Waals surface area contributed by atoms with Crippen molar-refractivity contribution in [1.82, 2.24) is 9.88 Å². The SMILES string of the molecule is O=C(c1cccc(Cl)c1)N(Cc1ccc(OCc2cccc(F)c2)cc1)Cc1ccccn1. The van der Waals surface area contributed by atoms with E-state index in [1.807, 2.05) is 48.5 Å². The normalized spacial score (nSPS) is 10.6. The van der Waals surface area contributed by atoms with Crippen LogP contribution in [-0.2, 0) is 19.7 Å². The van der Waals surface area contributed by atoms with Crippen LogP contribution < -0.4 is 4.74 Å². The minimum atomic E-state index is -0.288. The fraction of sp³-hybridized carbons (Fsp3) is 0.111. The topological polar surface area (TPSA) is 42.4 Å². The van der Waals surface area contributed by atoms with Gasteiger partial charge in [0.15, 0.2) is 0 Å². The number of rotatable bonds is 8. The van der Waals surface area contributed by atoms with Gasteiger partial charge in [-0.3, -0.25) is 9.78 Å². The Morgan fingerprint density at radius 2 is 1.70 bits per heavy atom. The molecular formula is C27H22ClFN2O2. The zero-order valence-electron chi connectivity index (χ0n) is 17.8. The molecule has 166 valence electrons. The van der Waals surface area contributed by atoms with Crippen LogP contribution in [0.4, 0.5) is 4.39 Å². The maximum Gasteiger partial charge on any atom is 0.254 e. The smallest absolute Gasteiger partial charge is 0.254 e. The van der Waals surface area contributed by atoms with Crippen molar-refractivity contribution in [2.24, 2.45) is 0 Å². The number of ether oxygens (including phenoxy) is 1. The number of carbonyl (C=O) groups excluding carboxylic acids is 1. The monoisotopic (exact) mass is 460 g/mol. The third kappa shape index (κ3) is 6.40. The molecule has 1 heterocycles. The Morgan fingerprint density at radius 1 is 0.879 bits per heavy atom. The van der Waals surface area contributed by atoms with Crippen LogP contribution in [0.25, 0.3) is 0 Å². The molecule has 0 saturated heterocycles. The first-order valence-corrected chi connectivity index (χ1v) is 10.9. The molecule has 0 aliphatic carbocycles. The third-order valence-electron chi connectivity index (χ3n) is 5.03. The van der Waals surface area contributed by atoms with Crippen molar-refractivity contribution in [3.63, 3.8) is 0 Å². The van der Waals surface area contributed by atoms with Crippen molar-refractivity contribution in [3.05, 3.63) is 130 Å². The predicted molar refractivity (Wildman–Crippen MR) is 126 cm³/mol. The molecule has 3 aromatic carbocycles. The summed E-state index contributed by atoms with van der Waals surface area (Å²) in [5.41, 5.74) is 3.02. The molecule has 0 unspecified atom stereocenters. The van der Waals surface area contributed by atoms with Gasteiger partial charge in [0, 0.05) is 23.3 Å². The van der Waals surface area contributed by atoms with Crippen molar-refractivity contribution < 1.29 is 13.9 Å². The maximum atomic E-state index is 13.3. The molecule has 0 atom stereocenters. The Hall–Kier alpha value is -3.70. The summed E-state index contributed by atoms with van der Waals surface area (Å²) in [5.74, 6) is 0.249. The van der Waals surface area contributed by atoms with E-state index in [4.69, 9.17) is 16.3 Å². The fourth-order valence-electron chi connectivity index (χ4n) is 3.40. The highest BCUT2D eigenvalue weighted by molar-refractivity contribution is 6.30. The Balaban J connectivity index is 1.47. The highest BCUT2D eigenvalue weighted by atomic mass is 35.5. The highest BCUT2D eigenvalue weighted by Gasteiger charge is 2.18. The lowest BCUT2D eigenvalue weighted by Gasteiger charge is -2.23. The Kier molecular flexibility index (Phi) is 7.33. The van der Waals surface area contributed by atoms with E-state index < -0.39 is 0 Å². The number of halogens is 2. The van der Waals surface area contributed by atoms with E-state index in [1.165, 1.54) is 12.1 Å². The van der Waals surface area contributed by atoms with Crippen molar-refractivity contribution >= 4 is 17.5 Å². The average Bonchev–Trinajstić information content (AvgIpc) is 2.83. The molecule has 4 nitrogen and oxygen atoms in total. The number of hydrogen-bond donors (Lipinski definition) is 0. The summed E-state index contributed by atoms with van der Waals surface area (Å²) in [5, 5.41) is 0.512. The quantitative estimate of drug-likeness (QED) is 0.310. The highest BCUT2D eigenvalue weighted by Crippen LogP contribution is 2.19. The number of benzene rings is 3. The Labute approximate surface area is 197 Å². The molecule has 0 saturated carbocycles. The second-order valence-electron chi connectivity index (χ2n) is 7.56. The van der Waals surface area contributed by atoms with E-state index in [0.29, 0.717) is 29.4 Å². The summed E-state index contributed by atoms with van der Waals surface area (Å²) in [7, 11) is 0. The van der Waals surface area contributed by atoms with Crippen molar-refractivity contribution in [2.45, 2.75) is 19.7 Å². The van der Waals surface area contributed by atoms with Crippen LogP contribution in [0.1, 0.15) is 27.2 Å². The molecule has 1 amide bonds. The lowest BCUT2D eigenvalue weighted by Crippen LogP contribution is -2.30. The van der Waals surface area contributed by atoms with E-state index >= 15 is 0 Å². The number of carbonyl (C=O) groups is 1. The Morgan fingerprint density at radius 3 is 2.42 bits per heavy atom. The molecule has 6 heteroatoms. The molecule has 0 radical (unpaired) electrons. The summed E-state index contributed by atoms with van der Waals surface area (Å²) in [4.78, 5) is 19.3. The third-order valence-corrected chi connectivity index (χ3v) is 5.26. The van der Waals surface area contributed by atoms with Gasteiger partial charge in [0.2, 0.25) is 0 Å². The van der Waals surface area contributed by atoms with E-state index in [9.17, 15) is 9.18 Å². The summed E-state index contributed by atoms with van der Waals surface area (Å²) in [6, 6.07) is 26.4. The van der Waals surface area contributed by atoms with Crippen LogP contribution in [0.3, 0.4) is 0 Å². The molecule has 0 N–H and O–H groups in total. The standard InChI is InChI=1S/C27H22ClFN2O2/c28-23-7-4-6-22(16-23)27(32)31(18-25-9-1-2-14-30-25)17-20-10-12-26(13-11-20)33-19-21-5-3-8-24(29)15-21/h1-16H,17-19H2. The fourth-order valence-corrected chi connectivity index (χ4v) is 3.59. The first kappa shape index (κ1) is 22.5. The molecule has 0 spiro atoms. The van der Waals surface area contributed by atoms with E-state index in [-0.39, 0.29) is 18.3 Å². The van der Waals surface area contributed by atoms with Crippen molar-refractivity contribution in [1.29, 1.82) is 0 Å². The minimum absolute atomic E-state index is 0.130. The number of amides is 1. The largest absolute Gasteiger partial charge is 0.489 e. The van der Waals surface area contributed by atoms with E-state index in [0.717, 1.165) is 16.8 Å². The maximum absolute atomic E-state index is 13.3. The summed E-state index contributed by atoms with van der Waals surface area (Å²) >= 11 is 6.10. The van der Waals surface area contributed by atoms with Crippen LogP contribution in [0, 0.1) is 5.82 Å². The van der Waals surface area contributed by atoms with Crippen LogP contribution >= 0.6 is 11.6 Å². The summed E-state index contributed by atoms with van der Waals surface area (Å²) in [6.07, 6.45) is 1.71. The number of nitrogens with zero attached hydrogens (tertiary/aromatic N) is 2. The zero-order valence-corrected chi connectivity index (χ0v) is 18.6. The molecule has 0 fully saturated rings. The van der Waals surface area contributed by atoms with Crippen LogP contribution in [0.15, 0.2) is 97.2 Å². The molecule has 4 rings (SSSR count). The molecular weight excluding hydrogens is 439 g/mol. The van der Waals surface area contributed by atoms with Gasteiger partial charge in [-0.15, -0.1) is 0 Å². The lowest BCUT2D eigenvalue weighted by atomic mass is 10.1. The first-order chi connectivity index (χ1) is 16.1. The van der Waals surface area contributed by atoms with Gasteiger partial charge in [0.25, 0.3) is 5.91 Å². The van der Waals surface area contributed by atoms with Crippen molar-refractivity contribution in [2.75, 3.05) is 0 Å². The van der Waals surface area contributed by atoms with Gasteiger partial charge < -0.3 is 9.64 Å². The molecule has 33 heavy (non-hydrogen) atoms. The second kappa shape index (κ2) is 10.7. The van der Waals surface area contributed by atoms with Crippen LogP contribution in [0.2, 0.25) is 5.02 Å². The molecule has 0 bridgehead atoms. The minimum Gasteiger partial charge on any atom is -0.489 e. The zero-order chi connectivity index (χ0) is 23.0. The van der Waals surface area contributed by atoms with Gasteiger partial charge in [-0.1, -0.05) is 48.0 Å². The van der Waals surface area contributed by atoms with Gasteiger partial charge in [-0.05, 0) is 65.7 Å². The van der Waals surface area contributed by atoms with Crippen molar-refractivity contribution in [3.8, 4) is 5.75 Å². The van der Waals surface area contributed by atoms with Crippen LogP contribution in [-0.4, -0.2) is 15.8 Å². The first-order valence-electron chi connectivity index (χ1n) is 10.5. The van der Waals surface area contributed by atoms with E-state index in [1.54, 1.807) is 41.4 Å². The second-order valence-corrected chi connectivity index (χ2v) is 7.99. The van der Waals surface area contributed by atoms with Gasteiger partial charge in [-0.25, -0.2) is 4.39 Å². The van der Waals surface area contributed by atoms with Crippen LogP contribution in [0.5, 0.6) is 5.75 Å². The average molecular weight is 461 g/mol. The number of pyridine rings is 1. The van der Waals surface area contributed by atoms with Gasteiger partial charge in [0.05, 0.1) is 12.2 Å². The molecule has 0 aliphatic heterocycles.